The maximum atomic E-state index is 13.9. The van der Waals surface area contributed by atoms with Crippen LogP contribution < -0.4 is 10.5 Å². The summed E-state index contributed by atoms with van der Waals surface area (Å²) in [5.41, 5.74) is 2.72. The Balaban J connectivity index is 1.83. The lowest BCUT2D eigenvalue weighted by atomic mass is 10.0. The van der Waals surface area contributed by atoms with Crippen LogP contribution in [-0.4, -0.2) is 61.4 Å². The van der Waals surface area contributed by atoms with Crippen LogP contribution in [0.1, 0.15) is 17.8 Å². The predicted octanol–water partition coefficient (Wildman–Crippen LogP) is 0.680. The average Bonchev–Trinajstić information content (AvgIpc) is 3.24. The topological polar surface area (TPSA) is 127 Å². The molecule has 10 nitrogen and oxygen atoms in total. The maximum absolute atomic E-state index is 13.9. The standard InChI is InChI=1S/C16H15F3N8O2/c1-29-10-4-2-9(3-5-10)11-7-15(28,16(17,18)19)27(25-11)14-24-22-12(20)6-13-23-21-8-26(13)14/h2-5,8,28H,6-7H2,1H3,(H2,20,22). The third-order valence-electron chi connectivity index (χ3n) is 4.49. The third kappa shape index (κ3) is 3.08. The monoisotopic (exact) mass is 408 g/mol. The molecule has 0 fully saturated rings. The van der Waals surface area contributed by atoms with Crippen LogP contribution in [0.15, 0.2) is 45.9 Å². The van der Waals surface area contributed by atoms with E-state index in [0.717, 1.165) is 10.9 Å². The van der Waals surface area contributed by atoms with Crippen molar-refractivity contribution in [3.05, 3.63) is 42.0 Å². The fourth-order valence-corrected chi connectivity index (χ4v) is 2.97. The number of nitrogens with zero attached hydrogens (tertiary/aromatic N) is 7. The molecule has 0 saturated carbocycles. The first kappa shape index (κ1) is 18.9. The summed E-state index contributed by atoms with van der Waals surface area (Å²) in [5, 5.41) is 30.0. The molecule has 152 valence electrons. The van der Waals surface area contributed by atoms with Crippen molar-refractivity contribution in [2.75, 3.05) is 7.11 Å². The second-order valence-corrected chi connectivity index (χ2v) is 6.36. The molecule has 3 heterocycles. The number of amidine groups is 1. The molecule has 3 N–H and O–H groups in total. The SMILES string of the molecule is COc1ccc(C2=NN(C3=NN=C(N)Cc4nncn43)C(O)(C(F)(F)F)C2)cc1. The molecule has 2 aliphatic heterocycles. The van der Waals surface area contributed by atoms with Crippen molar-refractivity contribution in [1.29, 1.82) is 0 Å². The van der Waals surface area contributed by atoms with Crippen LogP contribution in [-0.2, 0) is 6.42 Å². The van der Waals surface area contributed by atoms with Crippen molar-refractivity contribution in [2.24, 2.45) is 21.0 Å². The first-order valence-corrected chi connectivity index (χ1v) is 8.33. The van der Waals surface area contributed by atoms with E-state index >= 15 is 0 Å². The summed E-state index contributed by atoms with van der Waals surface area (Å²) in [4.78, 5) is 0. The summed E-state index contributed by atoms with van der Waals surface area (Å²) in [6.45, 7) is 0. The van der Waals surface area contributed by atoms with E-state index in [9.17, 15) is 18.3 Å². The van der Waals surface area contributed by atoms with Gasteiger partial charge in [-0.25, -0.2) is 0 Å². The van der Waals surface area contributed by atoms with Crippen LogP contribution in [0.4, 0.5) is 13.2 Å². The molecular formula is C16H15F3N8O2. The predicted molar refractivity (Wildman–Crippen MR) is 95.2 cm³/mol. The van der Waals surface area contributed by atoms with Crippen molar-refractivity contribution in [3.8, 4) is 5.75 Å². The molecule has 29 heavy (non-hydrogen) atoms. The Bertz CT molecular complexity index is 1030. The molecule has 2 aliphatic rings. The molecular weight excluding hydrogens is 393 g/mol. The van der Waals surface area contributed by atoms with Crippen LogP contribution in [0.25, 0.3) is 0 Å². The summed E-state index contributed by atoms with van der Waals surface area (Å²) in [5.74, 6) is 0.347. The highest BCUT2D eigenvalue weighted by Gasteiger charge is 2.63. The first-order chi connectivity index (χ1) is 13.7. The first-order valence-electron chi connectivity index (χ1n) is 8.33. The molecule has 1 aromatic heterocycles. The maximum Gasteiger partial charge on any atom is 0.438 e. The quantitative estimate of drug-likeness (QED) is 0.753. The number of fused-ring (bicyclic) bond motifs is 1. The van der Waals surface area contributed by atoms with E-state index in [1.807, 2.05) is 0 Å². The fourth-order valence-electron chi connectivity index (χ4n) is 2.97. The number of ether oxygens (including phenoxy) is 1. The largest absolute Gasteiger partial charge is 0.497 e. The van der Waals surface area contributed by atoms with Gasteiger partial charge in [-0.1, -0.05) is 0 Å². The lowest BCUT2D eigenvalue weighted by Crippen LogP contribution is -2.58. The molecule has 0 spiro atoms. The van der Waals surface area contributed by atoms with Crippen LogP contribution in [0.2, 0.25) is 0 Å². The molecule has 0 radical (unpaired) electrons. The lowest BCUT2D eigenvalue weighted by molar-refractivity contribution is -0.295. The zero-order chi connectivity index (χ0) is 20.8. The van der Waals surface area contributed by atoms with Gasteiger partial charge in [-0.05, 0) is 29.8 Å². The van der Waals surface area contributed by atoms with E-state index in [1.165, 1.54) is 7.11 Å². The van der Waals surface area contributed by atoms with E-state index in [1.54, 1.807) is 24.3 Å². The summed E-state index contributed by atoms with van der Waals surface area (Å²) in [6, 6.07) is 6.26. The van der Waals surface area contributed by atoms with Crippen molar-refractivity contribution in [2.45, 2.75) is 24.7 Å². The van der Waals surface area contributed by atoms with E-state index in [2.05, 4.69) is 25.5 Å². The zero-order valence-corrected chi connectivity index (χ0v) is 15.0. The van der Waals surface area contributed by atoms with Gasteiger partial charge < -0.3 is 15.6 Å². The van der Waals surface area contributed by atoms with Gasteiger partial charge in [0.15, 0.2) is 0 Å². The number of benzene rings is 1. The number of aromatic nitrogens is 3. The number of rotatable bonds is 2. The molecule has 1 aromatic carbocycles. The van der Waals surface area contributed by atoms with Crippen molar-refractivity contribution >= 4 is 17.5 Å². The Morgan fingerprint density at radius 1 is 1.21 bits per heavy atom. The number of hydrogen-bond acceptors (Lipinski definition) is 9. The van der Waals surface area contributed by atoms with Gasteiger partial charge in [0.05, 0.1) is 25.7 Å². The number of halogens is 3. The summed E-state index contributed by atoms with van der Waals surface area (Å²) >= 11 is 0. The molecule has 0 aliphatic carbocycles. The van der Waals surface area contributed by atoms with Crippen LogP contribution in [0.5, 0.6) is 5.75 Å². The van der Waals surface area contributed by atoms with Gasteiger partial charge in [0, 0.05) is 0 Å². The van der Waals surface area contributed by atoms with E-state index in [-0.39, 0.29) is 23.8 Å². The Morgan fingerprint density at radius 3 is 2.59 bits per heavy atom. The van der Waals surface area contributed by atoms with Crippen molar-refractivity contribution < 1.29 is 23.0 Å². The minimum absolute atomic E-state index is 0.00556. The summed E-state index contributed by atoms with van der Waals surface area (Å²) in [6.07, 6.45) is -4.69. The smallest absolute Gasteiger partial charge is 0.438 e. The third-order valence-corrected chi connectivity index (χ3v) is 4.49. The van der Waals surface area contributed by atoms with E-state index in [0.29, 0.717) is 16.3 Å². The van der Waals surface area contributed by atoms with Crippen LogP contribution >= 0.6 is 0 Å². The minimum Gasteiger partial charge on any atom is -0.497 e. The van der Waals surface area contributed by atoms with Gasteiger partial charge in [0.25, 0.3) is 11.7 Å². The molecule has 13 heteroatoms. The second-order valence-electron chi connectivity index (χ2n) is 6.36. The fraction of sp³-hybridized carbons (Fsp3) is 0.312. The molecule has 1 unspecified atom stereocenters. The molecule has 0 saturated heterocycles. The highest BCUT2D eigenvalue weighted by molar-refractivity contribution is 6.04. The number of methoxy groups -OCH3 is 1. The minimum atomic E-state index is -5.05. The second kappa shape index (κ2) is 6.55. The number of aliphatic hydroxyl groups is 1. The van der Waals surface area contributed by atoms with Crippen molar-refractivity contribution in [1.82, 2.24) is 19.8 Å². The normalized spacial score (nSPS) is 21.8. The number of alkyl halides is 3. The van der Waals surface area contributed by atoms with Gasteiger partial charge in [0.2, 0.25) is 0 Å². The lowest BCUT2D eigenvalue weighted by Gasteiger charge is -2.33. The molecule has 0 bridgehead atoms. The number of nitrogens with two attached hydrogens (primary N) is 1. The average molecular weight is 408 g/mol. The van der Waals surface area contributed by atoms with E-state index < -0.39 is 24.3 Å². The van der Waals surface area contributed by atoms with Gasteiger partial charge >= 0.3 is 6.18 Å². The van der Waals surface area contributed by atoms with Crippen molar-refractivity contribution in [3.63, 3.8) is 0 Å². The Labute approximate surface area is 161 Å². The summed E-state index contributed by atoms with van der Waals surface area (Å²) < 4.78 is 47.9. The Morgan fingerprint density at radius 2 is 1.93 bits per heavy atom. The van der Waals surface area contributed by atoms with Gasteiger partial charge in [-0.15, -0.1) is 20.4 Å². The zero-order valence-electron chi connectivity index (χ0n) is 15.0. The highest BCUT2D eigenvalue weighted by atomic mass is 19.4. The highest BCUT2D eigenvalue weighted by Crippen LogP contribution is 2.42. The van der Waals surface area contributed by atoms with Gasteiger partial charge in [-0.3, -0.25) is 4.57 Å². The van der Waals surface area contributed by atoms with E-state index in [4.69, 9.17) is 10.5 Å². The Kier molecular flexibility index (Phi) is 4.26. The van der Waals surface area contributed by atoms with Crippen LogP contribution in [0, 0.1) is 0 Å². The van der Waals surface area contributed by atoms with Crippen LogP contribution in [0.3, 0.4) is 0 Å². The number of hydrogen-bond donors (Lipinski definition) is 2. The summed E-state index contributed by atoms with van der Waals surface area (Å²) in [7, 11) is 1.47. The molecule has 1 atom stereocenters. The van der Waals surface area contributed by atoms with Gasteiger partial charge in [0.1, 0.15) is 23.7 Å². The molecule has 4 rings (SSSR count). The molecule has 0 amide bonds. The Hall–Kier alpha value is -3.48. The molecule has 2 aromatic rings. The van der Waals surface area contributed by atoms with Gasteiger partial charge in [-0.2, -0.15) is 23.3 Å². The number of hydrazone groups is 1.